The van der Waals surface area contributed by atoms with Crippen molar-refractivity contribution < 1.29 is 14.7 Å². The summed E-state index contributed by atoms with van der Waals surface area (Å²) in [5.74, 6) is -1.35. The number of aromatic carboxylic acids is 1. The van der Waals surface area contributed by atoms with E-state index in [9.17, 15) is 14.7 Å². The van der Waals surface area contributed by atoms with E-state index in [4.69, 9.17) is 0 Å². The van der Waals surface area contributed by atoms with E-state index in [1.807, 2.05) is 24.4 Å². The molecule has 0 unspecified atom stereocenters. The van der Waals surface area contributed by atoms with Crippen LogP contribution in [0.2, 0.25) is 0 Å². The highest BCUT2D eigenvalue weighted by Crippen LogP contribution is 2.25. The van der Waals surface area contributed by atoms with Crippen molar-refractivity contribution in [3.05, 3.63) is 70.0 Å². The summed E-state index contributed by atoms with van der Waals surface area (Å²) in [6.45, 7) is 1.94. The van der Waals surface area contributed by atoms with Gasteiger partial charge in [-0.1, -0.05) is 17.7 Å². The summed E-state index contributed by atoms with van der Waals surface area (Å²) in [5, 5.41) is 13.9. The maximum Gasteiger partial charge on any atom is 0.335 e. The second kappa shape index (κ2) is 6.64. The molecule has 0 aliphatic rings. The van der Waals surface area contributed by atoms with Crippen LogP contribution in [0.1, 0.15) is 26.3 Å². The van der Waals surface area contributed by atoms with E-state index in [0.717, 1.165) is 5.56 Å². The molecule has 0 radical (unpaired) electrons. The predicted octanol–water partition coefficient (Wildman–Crippen LogP) is 4.07. The Morgan fingerprint density at radius 1 is 1.08 bits per heavy atom. The van der Waals surface area contributed by atoms with E-state index in [0.29, 0.717) is 22.5 Å². The summed E-state index contributed by atoms with van der Waals surface area (Å²) in [6.07, 6.45) is 0. The van der Waals surface area contributed by atoms with Gasteiger partial charge < -0.3 is 10.4 Å². The van der Waals surface area contributed by atoms with Crippen LogP contribution in [0.4, 0.5) is 5.69 Å². The van der Waals surface area contributed by atoms with E-state index in [1.165, 1.54) is 17.4 Å². The molecule has 1 aromatic heterocycles. The molecule has 120 valence electrons. The molecular formula is C18H14N2O3S. The van der Waals surface area contributed by atoms with Gasteiger partial charge in [0.2, 0.25) is 0 Å². The van der Waals surface area contributed by atoms with Gasteiger partial charge in [0.05, 0.1) is 16.8 Å². The minimum atomic E-state index is -1.06. The van der Waals surface area contributed by atoms with Crippen LogP contribution in [0.15, 0.2) is 53.4 Å². The Balaban J connectivity index is 1.93. The van der Waals surface area contributed by atoms with Crippen molar-refractivity contribution in [2.45, 2.75) is 6.92 Å². The van der Waals surface area contributed by atoms with Gasteiger partial charge in [0.15, 0.2) is 0 Å². The molecular weight excluding hydrogens is 324 g/mol. The van der Waals surface area contributed by atoms with Crippen LogP contribution in [0.5, 0.6) is 0 Å². The lowest BCUT2D eigenvalue weighted by Gasteiger charge is -2.09. The van der Waals surface area contributed by atoms with E-state index >= 15 is 0 Å². The van der Waals surface area contributed by atoms with Gasteiger partial charge in [0.25, 0.3) is 5.91 Å². The molecule has 2 N–H and O–H groups in total. The van der Waals surface area contributed by atoms with Crippen LogP contribution < -0.4 is 5.32 Å². The summed E-state index contributed by atoms with van der Waals surface area (Å²) >= 11 is 1.42. The Morgan fingerprint density at radius 2 is 1.83 bits per heavy atom. The second-order valence-corrected chi connectivity index (χ2v) is 6.02. The molecule has 24 heavy (non-hydrogen) atoms. The fourth-order valence-electron chi connectivity index (χ4n) is 2.23. The Hall–Kier alpha value is -2.99. The number of aryl methyl sites for hydroxylation is 1. The number of carbonyl (C=O) groups excluding carboxylic acids is 1. The molecule has 3 aromatic rings. The predicted molar refractivity (Wildman–Crippen MR) is 93.6 cm³/mol. The summed E-state index contributed by atoms with van der Waals surface area (Å²) in [4.78, 5) is 27.9. The monoisotopic (exact) mass is 338 g/mol. The van der Waals surface area contributed by atoms with E-state index in [-0.39, 0.29) is 11.5 Å². The third kappa shape index (κ3) is 3.49. The first-order valence-corrected chi connectivity index (χ1v) is 8.12. The number of nitrogens with zero attached hydrogens (tertiary/aromatic N) is 1. The normalized spacial score (nSPS) is 10.4. The van der Waals surface area contributed by atoms with Crippen LogP contribution in [0, 0.1) is 6.92 Å². The fraction of sp³-hybridized carbons (Fsp3) is 0.0556. The molecule has 6 heteroatoms. The van der Waals surface area contributed by atoms with Gasteiger partial charge in [0, 0.05) is 22.2 Å². The van der Waals surface area contributed by atoms with Crippen LogP contribution in [-0.2, 0) is 0 Å². The molecule has 5 nitrogen and oxygen atoms in total. The summed E-state index contributed by atoms with van der Waals surface area (Å²) in [5.41, 5.74) is 5.09. The Morgan fingerprint density at radius 3 is 2.46 bits per heavy atom. The molecule has 2 aromatic carbocycles. The van der Waals surface area contributed by atoms with Crippen molar-refractivity contribution in [3.63, 3.8) is 0 Å². The number of amides is 1. The van der Waals surface area contributed by atoms with Crippen LogP contribution in [-0.4, -0.2) is 22.0 Å². The average molecular weight is 338 g/mol. The highest BCUT2D eigenvalue weighted by Gasteiger charge is 2.12. The molecule has 0 aliphatic heterocycles. The minimum Gasteiger partial charge on any atom is -0.478 e. The van der Waals surface area contributed by atoms with Crippen LogP contribution in [0.25, 0.3) is 11.3 Å². The van der Waals surface area contributed by atoms with E-state index < -0.39 is 5.97 Å². The lowest BCUT2D eigenvalue weighted by molar-refractivity contribution is 0.0696. The lowest BCUT2D eigenvalue weighted by Crippen LogP contribution is -2.12. The molecule has 1 heterocycles. The molecule has 0 saturated carbocycles. The maximum atomic E-state index is 12.3. The molecule has 0 spiro atoms. The van der Waals surface area contributed by atoms with Crippen molar-refractivity contribution in [1.82, 2.24) is 4.98 Å². The number of hydrogen-bond donors (Lipinski definition) is 2. The van der Waals surface area contributed by atoms with Gasteiger partial charge in [-0.15, -0.1) is 11.3 Å². The maximum absolute atomic E-state index is 12.3. The second-order valence-electron chi connectivity index (χ2n) is 5.30. The standard InChI is InChI=1S/C18H14N2O3S/c1-11-2-4-12(5-3-11)17(21)20-15-7-13(16-9-24-10-19-16)6-14(8-15)18(22)23/h2-10H,1H3,(H,20,21)(H,22,23). The van der Waals surface area contributed by atoms with E-state index in [2.05, 4.69) is 10.3 Å². The number of aromatic nitrogens is 1. The molecule has 0 aliphatic carbocycles. The summed E-state index contributed by atoms with van der Waals surface area (Å²) in [6, 6.07) is 11.9. The van der Waals surface area contributed by atoms with Crippen LogP contribution in [0.3, 0.4) is 0 Å². The van der Waals surface area contributed by atoms with Gasteiger partial charge in [-0.25, -0.2) is 9.78 Å². The average Bonchev–Trinajstić information content (AvgIpc) is 3.09. The van der Waals surface area contributed by atoms with Gasteiger partial charge in [-0.3, -0.25) is 4.79 Å². The van der Waals surface area contributed by atoms with Gasteiger partial charge in [0.1, 0.15) is 0 Å². The summed E-state index contributed by atoms with van der Waals surface area (Å²) < 4.78 is 0. The topological polar surface area (TPSA) is 79.3 Å². The number of hydrogen-bond acceptors (Lipinski definition) is 4. The molecule has 3 rings (SSSR count). The first-order chi connectivity index (χ1) is 11.5. The van der Waals surface area contributed by atoms with Crippen molar-refractivity contribution in [2.75, 3.05) is 5.32 Å². The number of nitrogens with one attached hydrogen (secondary N) is 1. The fourth-order valence-corrected chi connectivity index (χ4v) is 2.80. The lowest BCUT2D eigenvalue weighted by atomic mass is 10.1. The van der Waals surface area contributed by atoms with Crippen molar-refractivity contribution in [2.24, 2.45) is 0 Å². The van der Waals surface area contributed by atoms with Gasteiger partial charge in [-0.2, -0.15) is 0 Å². The zero-order chi connectivity index (χ0) is 17.1. The Bertz CT molecular complexity index is 887. The number of anilines is 1. The first kappa shape index (κ1) is 15.9. The molecule has 0 saturated heterocycles. The number of carboxylic acids is 1. The highest BCUT2D eigenvalue weighted by atomic mass is 32.1. The minimum absolute atomic E-state index is 0.0970. The molecule has 0 bridgehead atoms. The molecule has 1 amide bonds. The SMILES string of the molecule is Cc1ccc(C(=O)Nc2cc(C(=O)O)cc(-c3cscn3)c2)cc1. The Labute approximate surface area is 142 Å². The zero-order valence-electron chi connectivity index (χ0n) is 12.8. The third-order valence-corrected chi connectivity index (χ3v) is 4.07. The summed E-state index contributed by atoms with van der Waals surface area (Å²) in [7, 11) is 0. The largest absolute Gasteiger partial charge is 0.478 e. The molecule has 0 fully saturated rings. The number of benzene rings is 2. The quantitative estimate of drug-likeness (QED) is 0.751. The van der Waals surface area contributed by atoms with Crippen LogP contribution >= 0.6 is 11.3 Å². The number of carboxylic acid groups (broad SMARTS) is 1. The van der Waals surface area contributed by atoms with Crippen molar-refractivity contribution in [1.29, 1.82) is 0 Å². The smallest absolute Gasteiger partial charge is 0.335 e. The number of rotatable bonds is 4. The number of carbonyl (C=O) groups is 2. The van der Waals surface area contributed by atoms with Crippen molar-refractivity contribution >= 4 is 28.9 Å². The zero-order valence-corrected chi connectivity index (χ0v) is 13.6. The first-order valence-electron chi connectivity index (χ1n) is 7.18. The van der Waals surface area contributed by atoms with Crippen molar-refractivity contribution in [3.8, 4) is 11.3 Å². The highest BCUT2D eigenvalue weighted by molar-refractivity contribution is 7.07. The van der Waals surface area contributed by atoms with Gasteiger partial charge >= 0.3 is 5.97 Å². The number of thiazole rings is 1. The van der Waals surface area contributed by atoms with Gasteiger partial charge in [-0.05, 0) is 37.3 Å². The van der Waals surface area contributed by atoms with E-state index in [1.54, 1.807) is 29.8 Å². The molecule has 0 atom stereocenters. The third-order valence-electron chi connectivity index (χ3n) is 3.48. The Kier molecular flexibility index (Phi) is 4.39.